The Morgan fingerprint density at radius 3 is 2.13 bits per heavy atom. The molecular weight excluding hydrogens is 183 g/mol. The monoisotopic (exact) mass is 208 g/mol. The Morgan fingerprint density at radius 1 is 1.13 bits per heavy atom. The smallest absolute Gasteiger partial charge is 0.299 e. The first-order chi connectivity index (χ1) is 7.31. The van der Waals surface area contributed by atoms with Crippen LogP contribution in [0.4, 0.5) is 0 Å². The van der Waals surface area contributed by atoms with Crippen LogP contribution in [0.2, 0.25) is 11.6 Å². The molecule has 2 aliphatic heterocycles. The van der Waals surface area contributed by atoms with Crippen molar-refractivity contribution in [3.8, 4) is 0 Å². The summed E-state index contributed by atoms with van der Waals surface area (Å²) in [6.07, 6.45) is 11.6. The molecule has 1 unspecified atom stereocenters. The first kappa shape index (κ1) is 11.5. The van der Waals surface area contributed by atoms with Gasteiger partial charge < -0.3 is 4.65 Å². The van der Waals surface area contributed by atoms with Crippen molar-refractivity contribution >= 4 is 6.92 Å². The van der Waals surface area contributed by atoms with Gasteiger partial charge in [-0.2, -0.15) is 0 Å². The number of fused-ring (bicyclic) bond motifs is 2. The molecular formula is C13H25BO. The van der Waals surface area contributed by atoms with E-state index in [1.54, 1.807) is 0 Å². The highest BCUT2D eigenvalue weighted by Gasteiger charge is 2.41. The van der Waals surface area contributed by atoms with Crippen LogP contribution in [0.1, 0.15) is 65.2 Å². The van der Waals surface area contributed by atoms with E-state index in [0.29, 0.717) is 13.0 Å². The van der Waals surface area contributed by atoms with Crippen LogP contribution < -0.4 is 0 Å². The fraction of sp³-hybridized carbons (Fsp3) is 1.00. The van der Waals surface area contributed by atoms with Crippen LogP contribution in [0.15, 0.2) is 0 Å². The second-order valence-corrected chi connectivity index (χ2v) is 5.58. The average Bonchev–Trinajstić information content (AvgIpc) is 2.17. The molecule has 2 saturated heterocycles. The third kappa shape index (κ3) is 2.78. The molecule has 0 N–H and O–H groups in total. The van der Waals surface area contributed by atoms with Crippen molar-refractivity contribution in [1.82, 2.24) is 0 Å². The molecule has 0 aromatic heterocycles. The average molecular weight is 208 g/mol. The molecule has 0 aromatic carbocycles. The van der Waals surface area contributed by atoms with Gasteiger partial charge in [0.1, 0.15) is 0 Å². The zero-order chi connectivity index (χ0) is 10.7. The minimum absolute atomic E-state index is 0.487. The fourth-order valence-corrected chi connectivity index (χ4v) is 3.58. The summed E-state index contributed by atoms with van der Waals surface area (Å²) in [5, 5.41) is 0. The standard InChI is InChI=1S/C13H25BO/c1-3-6-11(2)15-14-12-7-4-8-13(14)10-5-9-12/h11-13H,3-10H2,1-2H3. The highest BCUT2D eigenvalue weighted by Crippen LogP contribution is 2.47. The molecule has 2 aliphatic rings. The lowest BCUT2D eigenvalue weighted by Crippen LogP contribution is -2.39. The van der Waals surface area contributed by atoms with E-state index in [1.165, 1.54) is 51.4 Å². The number of hydrogen-bond donors (Lipinski definition) is 0. The van der Waals surface area contributed by atoms with Gasteiger partial charge in [0.2, 0.25) is 0 Å². The molecule has 2 heteroatoms. The van der Waals surface area contributed by atoms with Crippen molar-refractivity contribution in [2.45, 2.75) is 83.0 Å². The summed E-state index contributed by atoms with van der Waals surface area (Å²) in [6, 6.07) is 0. The van der Waals surface area contributed by atoms with Crippen molar-refractivity contribution in [2.24, 2.45) is 0 Å². The Kier molecular flexibility index (Phi) is 4.13. The summed E-state index contributed by atoms with van der Waals surface area (Å²) in [6.45, 7) is 5.13. The van der Waals surface area contributed by atoms with Crippen molar-refractivity contribution in [1.29, 1.82) is 0 Å². The molecule has 2 fully saturated rings. The second-order valence-electron chi connectivity index (χ2n) is 5.58. The zero-order valence-electron chi connectivity index (χ0n) is 10.4. The Labute approximate surface area is 95.1 Å². The van der Waals surface area contributed by atoms with Gasteiger partial charge in [0, 0.05) is 6.10 Å². The first-order valence-electron chi connectivity index (χ1n) is 6.96. The van der Waals surface area contributed by atoms with Crippen molar-refractivity contribution in [3.05, 3.63) is 0 Å². The minimum Gasteiger partial charge on any atom is -0.433 e. The maximum absolute atomic E-state index is 6.30. The molecule has 1 atom stereocenters. The number of hydrogen-bond acceptors (Lipinski definition) is 1. The van der Waals surface area contributed by atoms with Crippen LogP contribution in [-0.2, 0) is 4.65 Å². The van der Waals surface area contributed by atoms with Crippen LogP contribution in [0.25, 0.3) is 0 Å². The van der Waals surface area contributed by atoms with Gasteiger partial charge in [0.25, 0.3) is 6.92 Å². The van der Waals surface area contributed by atoms with Gasteiger partial charge in [0.05, 0.1) is 0 Å². The Balaban J connectivity index is 1.89. The van der Waals surface area contributed by atoms with Gasteiger partial charge in [-0.25, -0.2) is 0 Å². The quantitative estimate of drug-likeness (QED) is 0.626. The molecule has 0 saturated carbocycles. The van der Waals surface area contributed by atoms with Crippen LogP contribution in [0.5, 0.6) is 0 Å². The summed E-state index contributed by atoms with van der Waals surface area (Å²) in [7, 11) is 0. The van der Waals surface area contributed by atoms with Crippen molar-refractivity contribution in [3.63, 3.8) is 0 Å². The summed E-state index contributed by atoms with van der Waals surface area (Å²) in [4.78, 5) is 0. The lowest BCUT2D eigenvalue weighted by molar-refractivity contribution is 0.183. The molecule has 0 aromatic rings. The highest BCUT2D eigenvalue weighted by atomic mass is 16.4. The molecule has 0 aliphatic carbocycles. The first-order valence-corrected chi connectivity index (χ1v) is 6.96. The molecule has 86 valence electrons. The Hall–Kier alpha value is 0.0249. The van der Waals surface area contributed by atoms with Gasteiger partial charge in [-0.3, -0.25) is 0 Å². The minimum atomic E-state index is 0.487. The van der Waals surface area contributed by atoms with Crippen LogP contribution in [0, 0.1) is 0 Å². The van der Waals surface area contributed by atoms with E-state index in [0.717, 1.165) is 11.6 Å². The Morgan fingerprint density at radius 2 is 1.67 bits per heavy atom. The summed E-state index contributed by atoms with van der Waals surface area (Å²) in [5.74, 6) is 1.80. The maximum atomic E-state index is 6.30. The predicted octanol–water partition coefficient (Wildman–Crippen LogP) is 4.29. The molecule has 0 radical (unpaired) electrons. The van der Waals surface area contributed by atoms with Gasteiger partial charge in [-0.15, -0.1) is 0 Å². The van der Waals surface area contributed by atoms with E-state index in [2.05, 4.69) is 13.8 Å². The predicted molar refractivity (Wildman–Crippen MR) is 66.4 cm³/mol. The van der Waals surface area contributed by atoms with Gasteiger partial charge in [-0.05, 0) is 25.0 Å². The third-order valence-corrected chi connectivity index (χ3v) is 4.31. The largest absolute Gasteiger partial charge is 0.433 e. The lowest BCUT2D eigenvalue weighted by Gasteiger charge is -2.40. The van der Waals surface area contributed by atoms with Crippen molar-refractivity contribution < 1.29 is 4.65 Å². The Bertz CT molecular complexity index is 173. The maximum Gasteiger partial charge on any atom is 0.299 e. The molecule has 15 heavy (non-hydrogen) atoms. The van der Waals surface area contributed by atoms with E-state index in [9.17, 15) is 0 Å². The van der Waals surface area contributed by atoms with E-state index < -0.39 is 0 Å². The lowest BCUT2D eigenvalue weighted by atomic mass is 9.38. The van der Waals surface area contributed by atoms with Gasteiger partial charge in [0.15, 0.2) is 0 Å². The molecule has 1 nitrogen and oxygen atoms in total. The summed E-state index contributed by atoms with van der Waals surface area (Å²) < 4.78 is 6.30. The van der Waals surface area contributed by atoms with Crippen molar-refractivity contribution in [2.75, 3.05) is 0 Å². The zero-order valence-corrected chi connectivity index (χ0v) is 10.4. The van der Waals surface area contributed by atoms with E-state index in [4.69, 9.17) is 4.65 Å². The topological polar surface area (TPSA) is 9.23 Å². The van der Waals surface area contributed by atoms with Gasteiger partial charge >= 0.3 is 0 Å². The highest BCUT2D eigenvalue weighted by molar-refractivity contribution is 6.56. The van der Waals surface area contributed by atoms with Gasteiger partial charge in [-0.1, -0.05) is 51.9 Å². The summed E-state index contributed by atoms with van der Waals surface area (Å²) in [5.41, 5.74) is 0. The molecule has 2 rings (SSSR count). The molecule has 2 heterocycles. The number of rotatable bonds is 4. The van der Waals surface area contributed by atoms with Crippen LogP contribution >= 0.6 is 0 Å². The molecule has 2 bridgehead atoms. The fourth-order valence-electron chi connectivity index (χ4n) is 3.58. The van der Waals surface area contributed by atoms with E-state index >= 15 is 0 Å². The normalized spacial score (nSPS) is 32.8. The molecule has 0 amide bonds. The second kappa shape index (κ2) is 5.38. The SMILES string of the molecule is CCCC(C)OB1C2CCCC1CCC2. The molecule has 0 spiro atoms. The third-order valence-electron chi connectivity index (χ3n) is 4.31. The van der Waals surface area contributed by atoms with E-state index in [1.807, 2.05) is 0 Å². The summed E-state index contributed by atoms with van der Waals surface area (Å²) >= 11 is 0. The van der Waals surface area contributed by atoms with Crippen LogP contribution in [0.3, 0.4) is 0 Å². The van der Waals surface area contributed by atoms with E-state index in [-0.39, 0.29) is 0 Å². The van der Waals surface area contributed by atoms with Crippen LogP contribution in [-0.4, -0.2) is 13.0 Å².